The van der Waals surface area contributed by atoms with Crippen molar-refractivity contribution >= 4 is 5.91 Å². The number of carbonyl (C=O) groups excluding carboxylic acids is 1. The Morgan fingerprint density at radius 1 is 1.00 bits per heavy atom. The fraction of sp³-hybridized carbons (Fsp3) is 0.350. The quantitative estimate of drug-likeness (QED) is 0.690. The molecule has 0 radical (unpaired) electrons. The van der Waals surface area contributed by atoms with Crippen molar-refractivity contribution in [1.29, 1.82) is 0 Å². The van der Waals surface area contributed by atoms with Crippen molar-refractivity contribution < 1.29 is 19.0 Å². The molecule has 2 atom stereocenters. The highest BCUT2D eigenvalue weighted by Gasteiger charge is 2.30. The van der Waals surface area contributed by atoms with Crippen LogP contribution in [-0.2, 0) is 11.3 Å². The largest absolute Gasteiger partial charge is 0.497 e. The molecule has 0 saturated carbocycles. The van der Waals surface area contributed by atoms with E-state index in [0.29, 0.717) is 24.5 Å². The molecule has 3 rings (SSSR count). The first-order valence-electron chi connectivity index (χ1n) is 8.78. The zero-order chi connectivity index (χ0) is 19.2. The molecule has 0 bridgehead atoms. The van der Waals surface area contributed by atoms with Gasteiger partial charge in [-0.05, 0) is 36.2 Å². The van der Waals surface area contributed by atoms with E-state index in [1.165, 1.54) is 0 Å². The normalized spacial score (nSPS) is 18.8. The van der Waals surface area contributed by atoms with Crippen molar-refractivity contribution in [2.75, 3.05) is 21.3 Å². The molecule has 0 aromatic heterocycles. The van der Waals surface area contributed by atoms with Gasteiger partial charge in [0.25, 0.3) is 0 Å². The van der Waals surface area contributed by atoms with Crippen molar-refractivity contribution in [3.63, 3.8) is 0 Å². The van der Waals surface area contributed by atoms with Crippen LogP contribution in [-0.4, -0.2) is 33.3 Å². The summed E-state index contributed by atoms with van der Waals surface area (Å²) in [5.74, 6) is 2.15. The van der Waals surface area contributed by atoms with Crippen LogP contribution in [0.2, 0.25) is 0 Å². The van der Waals surface area contributed by atoms with Gasteiger partial charge in [0.05, 0.1) is 21.3 Å². The maximum atomic E-state index is 12.5. The number of hydrogen-bond donors (Lipinski definition) is 3. The Bertz CT molecular complexity index is 779. The molecular formula is C20H25N3O4. The van der Waals surface area contributed by atoms with E-state index in [1.807, 2.05) is 36.4 Å². The van der Waals surface area contributed by atoms with Crippen LogP contribution in [0, 0.1) is 0 Å². The molecule has 2 aromatic rings. The number of hydrazine groups is 1. The average Bonchev–Trinajstić information content (AvgIpc) is 3.22. The lowest BCUT2D eigenvalue weighted by Gasteiger charge is -2.13. The number of nitrogens with one attached hydrogen (secondary N) is 3. The Kier molecular flexibility index (Phi) is 6.16. The second-order valence-corrected chi connectivity index (χ2v) is 6.30. The van der Waals surface area contributed by atoms with Crippen LogP contribution in [0.25, 0.3) is 0 Å². The molecule has 1 saturated heterocycles. The minimum absolute atomic E-state index is 0.0589. The highest BCUT2D eigenvalue weighted by atomic mass is 16.5. The van der Waals surface area contributed by atoms with E-state index in [-0.39, 0.29) is 18.0 Å². The zero-order valence-electron chi connectivity index (χ0n) is 15.7. The number of carbonyl (C=O) groups is 1. The van der Waals surface area contributed by atoms with Gasteiger partial charge in [-0.3, -0.25) is 4.79 Å². The van der Waals surface area contributed by atoms with Crippen LogP contribution < -0.4 is 30.4 Å². The molecule has 7 nitrogen and oxygen atoms in total. The SMILES string of the molecule is COc1ccc(C2CC(C(=O)NCc3ccc(OC)cc3OC)NN2)cc1. The van der Waals surface area contributed by atoms with Gasteiger partial charge >= 0.3 is 0 Å². The summed E-state index contributed by atoms with van der Waals surface area (Å²) in [5.41, 5.74) is 8.26. The van der Waals surface area contributed by atoms with Gasteiger partial charge < -0.3 is 19.5 Å². The molecule has 2 unspecified atom stereocenters. The van der Waals surface area contributed by atoms with E-state index in [1.54, 1.807) is 27.4 Å². The van der Waals surface area contributed by atoms with Gasteiger partial charge in [-0.15, -0.1) is 0 Å². The number of ether oxygens (including phenoxy) is 3. The van der Waals surface area contributed by atoms with E-state index >= 15 is 0 Å². The van der Waals surface area contributed by atoms with Crippen molar-refractivity contribution in [2.45, 2.75) is 25.0 Å². The smallest absolute Gasteiger partial charge is 0.238 e. The van der Waals surface area contributed by atoms with E-state index in [2.05, 4.69) is 16.2 Å². The maximum Gasteiger partial charge on any atom is 0.238 e. The second-order valence-electron chi connectivity index (χ2n) is 6.30. The number of benzene rings is 2. The topological polar surface area (TPSA) is 80.9 Å². The van der Waals surface area contributed by atoms with Gasteiger partial charge in [0.2, 0.25) is 5.91 Å². The fourth-order valence-electron chi connectivity index (χ4n) is 3.09. The number of amides is 1. The van der Waals surface area contributed by atoms with Crippen molar-refractivity contribution in [1.82, 2.24) is 16.2 Å². The molecule has 1 amide bonds. The summed E-state index contributed by atoms with van der Waals surface area (Å²) in [7, 11) is 4.85. The van der Waals surface area contributed by atoms with Crippen LogP contribution in [0.15, 0.2) is 42.5 Å². The molecule has 3 N–H and O–H groups in total. The lowest BCUT2D eigenvalue weighted by Crippen LogP contribution is -2.42. The Morgan fingerprint density at radius 2 is 1.70 bits per heavy atom. The van der Waals surface area contributed by atoms with E-state index in [9.17, 15) is 4.79 Å². The van der Waals surface area contributed by atoms with Crippen LogP contribution in [0.5, 0.6) is 17.2 Å². The molecule has 0 aliphatic carbocycles. The molecule has 2 aromatic carbocycles. The predicted octanol–water partition coefficient (Wildman–Crippen LogP) is 1.94. The Labute approximate surface area is 159 Å². The molecule has 27 heavy (non-hydrogen) atoms. The third kappa shape index (κ3) is 4.50. The van der Waals surface area contributed by atoms with Gasteiger partial charge in [0.1, 0.15) is 23.3 Å². The zero-order valence-corrected chi connectivity index (χ0v) is 15.7. The molecule has 1 fully saturated rings. The van der Waals surface area contributed by atoms with Crippen LogP contribution in [0.4, 0.5) is 0 Å². The van der Waals surface area contributed by atoms with Crippen LogP contribution in [0.1, 0.15) is 23.6 Å². The van der Waals surface area contributed by atoms with Crippen molar-refractivity contribution in [3.8, 4) is 17.2 Å². The second kappa shape index (κ2) is 8.75. The Hall–Kier alpha value is -2.77. The van der Waals surface area contributed by atoms with E-state index in [0.717, 1.165) is 16.9 Å². The summed E-state index contributed by atoms with van der Waals surface area (Å²) >= 11 is 0. The summed E-state index contributed by atoms with van der Waals surface area (Å²) < 4.78 is 15.7. The minimum atomic E-state index is -0.304. The summed E-state index contributed by atoms with van der Waals surface area (Å²) in [6.07, 6.45) is 0.665. The van der Waals surface area contributed by atoms with Gasteiger partial charge in [0.15, 0.2) is 0 Å². The fourth-order valence-corrected chi connectivity index (χ4v) is 3.09. The van der Waals surface area contributed by atoms with Crippen molar-refractivity contribution in [3.05, 3.63) is 53.6 Å². The molecule has 1 aliphatic rings. The van der Waals surface area contributed by atoms with E-state index in [4.69, 9.17) is 14.2 Å². The van der Waals surface area contributed by atoms with Crippen LogP contribution in [0.3, 0.4) is 0 Å². The average molecular weight is 371 g/mol. The first-order valence-corrected chi connectivity index (χ1v) is 8.78. The van der Waals surface area contributed by atoms with Gasteiger partial charge in [-0.2, -0.15) is 0 Å². The number of hydrogen-bond acceptors (Lipinski definition) is 6. The van der Waals surface area contributed by atoms with E-state index < -0.39 is 0 Å². The minimum Gasteiger partial charge on any atom is -0.497 e. The molecule has 0 spiro atoms. The summed E-state index contributed by atoms with van der Waals surface area (Å²) in [5, 5.41) is 2.96. The highest BCUT2D eigenvalue weighted by molar-refractivity contribution is 5.82. The first-order chi connectivity index (χ1) is 13.1. The van der Waals surface area contributed by atoms with Gasteiger partial charge in [-0.1, -0.05) is 12.1 Å². The molecule has 1 aliphatic heterocycles. The summed E-state index contributed by atoms with van der Waals surface area (Å²) in [4.78, 5) is 12.5. The summed E-state index contributed by atoms with van der Waals surface area (Å²) in [6, 6.07) is 13.1. The molecular weight excluding hydrogens is 346 g/mol. The summed E-state index contributed by atoms with van der Waals surface area (Å²) in [6.45, 7) is 0.386. The Balaban J connectivity index is 1.56. The first kappa shape index (κ1) is 19.0. The third-order valence-corrected chi connectivity index (χ3v) is 4.69. The molecule has 144 valence electrons. The van der Waals surface area contributed by atoms with Gasteiger partial charge in [-0.25, -0.2) is 10.9 Å². The molecule has 1 heterocycles. The third-order valence-electron chi connectivity index (χ3n) is 4.69. The predicted molar refractivity (Wildman–Crippen MR) is 102 cm³/mol. The monoisotopic (exact) mass is 371 g/mol. The van der Waals surface area contributed by atoms with Crippen LogP contribution >= 0.6 is 0 Å². The number of rotatable bonds is 7. The van der Waals surface area contributed by atoms with Gasteiger partial charge in [0, 0.05) is 24.2 Å². The lowest BCUT2D eigenvalue weighted by atomic mass is 10.0. The Morgan fingerprint density at radius 3 is 2.37 bits per heavy atom. The highest BCUT2D eigenvalue weighted by Crippen LogP contribution is 2.26. The standard InChI is InChI=1S/C20H25N3O4/c1-25-15-7-4-13(5-8-15)17-11-18(23-22-17)20(24)21-12-14-6-9-16(26-2)10-19(14)27-3/h4-10,17-18,22-23H,11-12H2,1-3H3,(H,21,24). The lowest BCUT2D eigenvalue weighted by molar-refractivity contribution is -0.123. The number of methoxy groups -OCH3 is 3. The van der Waals surface area contributed by atoms with Crippen molar-refractivity contribution in [2.24, 2.45) is 0 Å². The molecule has 7 heteroatoms. The maximum absolute atomic E-state index is 12.5.